The zero-order chi connectivity index (χ0) is 23.8. The van der Waals surface area contributed by atoms with Gasteiger partial charge in [-0.3, -0.25) is 9.59 Å². The summed E-state index contributed by atoms with van der Waals surface area (Å²) in [6.45, 7) is 4.69. The smallest absolute Gasteiger partial charge is 0.243 e. The fraction of sp³-hybridized carbons (Fsp3) is 0.259. The van der Waals surface area contributed by atoms with Gasteiger partial charge in [0.15, 0.2) is 0 Å². The molecule has 0 saturated carbocycles. The maximum atomic E-state index is 13.7. The molecule has 0 aliphatic carbocycles. The summed E-state index contributed by atoms with van der Waals surface area (Å²) in [5.74, 6) is -0.347. The van der Waals surface area contributed by atoms with Crippen LogP contribution in [0.1, 0.15) is 29.2 Å². The van der Waals surface area contributed by atoms with E-state index in [-0.39, 0.29) is 18.2 Å². The number of nitrogens with zero attached hydrogens (tertiary/aromatic N) is 1. The van der Waals surface area contributed by atoms with Crippen LogP contribution in [-0.4, -0.2) is 29.3 Å². The van der Waals surface area contributed by atoms with Crippen molar-refractivity contribution in [2.75, 3.05) is 6.54 Å². The van der Waals surface area contributed by atoms with Crippen LogP contribution in [0.4, 0.5) is 0 Å². The number of hydrogen-bond donors (Lipinski definition) is 1. The maximum absolute atomic E-state index is 13.7. The monoisotopic (exact) mass is 482 g/mol. The molecule has 0 heterocycles. The minimum absolute atomic E-state index is 0.0760. The van der Waals surface area contributed by atoms with Crippen molar-refractivity contribution in [3.63, 3.8) is 0 Å². The minimum Gasteiger partial charge on any atom is -0.355 e. The molecular formula is C27H28Cl2N2O2. The summed E-state index contributed by atoms with van der Waals surface area (Å²) in [7, 11) is 0. The third-order valence-corrected chi connectivity index (χ3v) is 6.17. The van der Waals surface area contributed by atoms with Crippen molar-refractivity contribution in [1.29, 1.82) is 0 Å². The molecule has 3 rings (SSSR count). The third-order valence-electron chi connectivity index (χ3n) is 5.58. The van der Waals surface area contributed by atoms with Gasteiger partial charge in [-0.1, -0.05) is 83.9 Å². The maximum Gasteiger partial charge on any atom is 0.243 e. The lowest BCUT2D eigenvalue weighted by molar-refractivity contribution is -0.140. The highest BCUT2D eigenvalue weighted by atomic mass is 35.5. The molecule has 0 fully saturated rings. The average molecular weight is 483 g/mol. The Balaban J connectivity index is 1.98. The molecule has 33 heavy (non-hydrogen) atoms. The number of hydrogen-bond acceptors (Lipinski definition) is 2. The van der Waals surface area contributed by atoms with E-state index in [9.17, 15) is 9.59 Å². The van der Waals surface area contributed by atoms with E-state index in [1.54, 1.807) is 23.1 Å². The fourth-order valence-electron chi connectivity index (χ4n) is 3.75. The van der Waals surface area contributed by atoms with Crippen molar-refractivity contribution in [3.05, 3.63) is 105 Å². The first-order chi connectivity index (χ1) is 15.9. The lowest BCUT2D eigenvalue weighted by Crippen LogP contribution is -2.51. The van der Waals surface area contributed by atoms with E-state index in [2.05, 4.69) is 5.32 Å². The lowest BCUT2D eigenvalue weighted by Gasteiger charge is -2.32. The van der Waals surface area contributed by atoms with Crippen molar-refractivity contribution < 1.29 is 9.59 Å². The van der Waals surface area contributed by atoms with Crippen LogP contribution < -0.4 is 5.32 Å². The molecule has 6 heteroatoms. The number of amides is 2. The van der Waals surface area contributed by atoms with Gasteiger partial charge in [0, 0.05) is 29.6 Å². The Kier molecular flexibility index (Phi) is 8.93. The van der Waals surface area contributed by atoms with Gasteiger partial charge in [0.1, 0.15) is 6.04 Å². The first-order valence-electron chi connectivity index (χ1n) is 11.0. The zero-order valence-electron chi connectivity index (χ0n) is 18.9. The number of carbonyl (C=O) groups excluding carboxylic acids is 2. The summed E-state index contributed by atoms with van der Waals surface area (Å²) in [6, 6.07) is 22.1. The Bertz CT molecular complexity index is 1100. The van der Waals surface area contributed by atoms with Crippen molar-refractivity contribution in [2.45, 2.75) is 39.3 Å². The summed E-state index contributed by atoms with van der Waals surface area (Å²) in [4.78, 5) is 28.5. The van der Waals surface area contributed by atoms with Crippen LogP contribution in [0.25, 0.3) is 0 Å². The second-order valence-corrected chi connectivity index (χ2v) is 8.80. The second-order valence-electron chi connectivity index (χ2n) is 7.96. The summed E-state index contributed by atoms with van der Waals surface area (Å²) < 4.78 is 0. The SMILES string of the molecule is CCNC(=O)[C@H](Cc1ccccc1)N(Cc1ccccc1C)C(=O)Cc1ccc(Cl)cc1Cl. The predicted octanol–water partition coefficient (Wildman–Crippen LogP) is 5.62. The summed E-state index contributed by atoms with van der Waals surface area (Å²) in [5.41, 5.74) is 3.72. The molecule has 2 amide bonds. The van der Waals surface area contributed by atoms with E-state index in [0.29, 0.717) is 35.1 Å². The highest BCUT2D eigenvalue weighted by Crippen LogP contribution is 2.24. The van der Waals surface area contributed by atoms with Crippen molar-refractivity contribution in [2.24, 2.45) is 0 Å². The van der Waals surface area contributed by atoms with E-state index < -0.39 is 6.04 Å². The van der Waals surface area contributed by atoms with Gasteiger partial charge in [-0.25, -0.2) is 0 Å². The molecule has 3 aromatic carbocycles. The number of halogens is 2. The molecule has 0 unspecified atom stereocenters. The Morgan fingerprint density at radius 3 is 2.30 bits per heavy atom. The Morgan fingerprint density at radius 1 is 0.939 bits per heavy atom. The first kappa shape index (κ1) is 24.8. The van der Waals surface area contributed by atoms with E-state index >= 15 is 0 Å². The second kappa shape index (κ2) is 11.9. The van der Waals surface area contributed by atoms with Crippen LogP contribution in [0.3, 0.4) is 0 Å². The molecular weight excluding hydrogens is 455 g/mol. The van der Waals surface area contributed by atoms with Gasteiger partial charge in [0.25, 0.3) is 0 Å². The van der Waals surface area contributed by atoms with Gasteiger partial charge < -0.3 is 10.2 Å². The molecule has 0 radical (unpaired) electrons. The van der Waals surface area contributed by atoms with Crippen LogP contribution in [0.2, 0.25) is 10.0 Å². The molecule has 0 saturated heterocycles. The molecule has 1 N–H and O–H groups in total. The van der Waals surface area contributed by atoms with Gasteiger partial charge in [-0.15, -0.1) is 0 Å². The van der Waals surface area contributed by atoms with Gasteiger partial charge in [0.2, 0.25) is 11.8 Å². The molecule has 1 atom stereocenters. The Labute approximate surface area is 205 Å². The molecule has 0 aliphatic heterocycles. The topological polar surface area (TPSA) is 49.4 Å². The van der Waals surface area contributed by atoms with Gasteiger partial charge in [-0.2, -0.15) is 0 Å². The fourth-order valence-corrected chi connectivity index (χ4v) is 4.22. The summed E-state index contributed by atoms with van der Waals surface area (Å²) in [6.07, 6.45) is 0.491. The Morgan fingerprint density at radius 2 is 1.64 bits per heavy atom. The van der Waals surface area contributed by atoms with E-state index in [1.807, 2.05) is 68.4 Å². The van der Waals surface area contributed by atoms with Gasteiger partial charge in [-0.05, 0) is 48.2 Å². The van der Waals surface area contributed by atoms with Crippen LogP contribution in [0.5, 0.6) is 0 Å². The number of nitrogens with one attached hydrogen (secondary N) is 1. The number of likely N-dealkylation sites (N-methyl/N-ethyl adjacent to an activating group) is 1. The van der Waals surface area contributed by atoms with Crippen molar-refractivity contribution in [1.82, 2.24) is 10.2 Å². The van der Waals surface area contributed by atoms with Crippen LogP contribution in [-0.2, 0) is 29.0 Å². The molecule has 0 aliphatic rings. The molecule has 0 spiro atoms. The van der Waals surface area contributed by atoms with Crippen molar-refractivity contribution in [3.8, 4) is 0 Å². The third kappa shape index (κ3) is 6.83. The number of benzene rings is 3. The quantitative estimate of drug-likeness (QED) is 0.430. The van der Waals surface area contributed by atoms with Crippen molar-refractivity contribution >= 4 is 35.0 Å². The summed E-state index contributed by atoms with van der Waals surface area (Å²) >= 11 is 12.4. The number of carbonyl (C=O) groups is 2. The molecule has 172 valence electrons. The first-order valence-corrected chi connectivity index (χ1v) is 11.7. The predicted molar refractivity (Wildman–Crippen MR) is 135 cm³/mol. The highest BCUT2D eigenvalue weighted by Gasteiger charge is 2.30. The molecule has 0 aromatic heterocycles. The van der Waals surface area contributed by atoms with Gasteiger partial charge >= 0.3 is 0 Å². The summed E-state index contributed by atoms with van der Waals surface area (Å²) in [5, 5.41) is 3.85. The van der Waals surface area contributed by atoms with Gasteiger partial charge in [0.05, 0.1) is 6.42 Å². The average Bonchev–Trinajstić information content (AvgIpc) is 2.80. The number of rotatable bonds is 9. The molecule has 0 bridgehead atoms. The Hall–Kier alpha value is -2.82. The standard InChI is InChI=1S/C27H28Cl2N2O2/c1-3-30-27(33)25(15-20-10-5-4-6-11-20)31(18-22-12-8-7-9-19(22)2)26(32)16-21-13-14-23(28)17-24(21)29/h4-14,17,25H,3,15-16,18H2,1-2H3,(H,30,33)/t25-/m0/s1. The molecule has 4 nitrogen and oxygen atoms in total. The lowest BCUT2D eigenvalue weighted by atomic mass is 10.0. The van der Waals surface area contributed by atoms with Crippen LogP contribution in [0.15, 0.2) is 72.8 Å². The largest absolute Gasteiger partial charge is 0.355 e. The van der Waals surface area contributed by atoms with E-state index in [4.69, 9.17) is 23.2 Å². The van der Waals surface area contributed by atoms with E-state index in [0.717, 1.165) is 16.7 Å². The van der Waals surface area contributed by atoms with Crippen LogP contribution in [0, 0.1) is 6.92 Å². The van der Waals surface area contributed by atoms with Crippen LogP contribution >= 0.6 is 23.2 Å². The molecule has 3 aromatic rings. The van der Waals surface area contributed by atoms with E-state index in [1.165, 1.54) is 0 Å². The number of aryl methyl sites for hydroxylation is 1. The normalized spacial score (nSPS) is 11.6. The zero-order valence-corrected chi connectivity index (χ0v) is 20.4. The minimum atomic E-state index is -0.662. The highest BCUT2D eigenvalue weighted by molar-refractivity contribution is 6.35.